The molecule has 1 unspecified atom stereocenters. The molecule has 1 amide bonds. The van der Waals surface area contributed by atoms with Gasteiger partial charge >= 0.3 is 0 Å². The van der Waals surface area contributed by atoms with Crippen molar-refractivity contribution in [3.05, 3.63) is 58.1 Å². The summed E-state index contributed by atoms with van der Waals surface area (Å²) in [6.07, 6.45) is 0.538. The van der Waals surface area contributed by atoms with Gasteiger partial charge in [-0.1, -0.05) is 15.9 Å². The molecule has 0 bridgehead atoms. The third kappa shape index (κ3) is 3.14. The normalized spacial score (nSPS) is 16.9. The minimum absolute atomic E-state index is 0.153. The van der Waals surface area contributed by atoms with Crippen molar-refractivity contribution in [1.29, 1.82) is 0 Å². The number of amides is 1. The number of hydrazone groups is 1. The van der Waals surface area contributed by atoms with Crippen LogP contribution in [0.5, 0.6) is 11.5 Å². The molecule has 1 aliphatic rings. The highest BCUT2D eigenvalue weighted by Gasteiger charge is 2.33. The Hall–Kier alpha value is -2.34. The monoisotopic (exact) mass is 388 g/mol. The van der Waals surface area contributed by atoms with Crippen LogP contribution in [0.3, 0.4) is 0 Å². The fraction of sp³-hybridized carbons (Fsp3) is 0.222. The van der Waals surface area contributed by atoms with Crippen LogP contribution in [-0.2, 0) is 4.79 Å². The summed E-state index contributed by atoms with van der Waals surface area (Å²) < 4.78 is 6.01. The summed E-state index contributed by atoms with van der Waals surface area (Å²) in [5.41, 5.74) is 2.41. The lowest BCUT2D eigenvalue weighted by Gasteiger charge is -2.21. The van der Waals surface area contributed by atoms with Crippen molar-refractivity contribution in [2.75, 3.05) is 7.11 Å². The van der Waals surface area contributed by atoms with Gasteiger partial charge in [0.1, 0.15) is 11.5 Å². The van der Waals surface area contributed by atoms with Gasteiger partial charge in [0.2, 0.25) is 5.91 Å². The molecule has 0 fully saturated rings. The highest BCUT2D eigenvalue weighted by atomic mass is 79.9. The summed E-state index contributed by atoms with van der Waals surface area (Å²) >= 11 is 3.41. The van der Waals surface area contributed by atoms with E-state index in [0.29, 0.717) is 12.0 Å². The average Bonchev–Trinajstić information content (AvgIpc) is 3.02. The molecule has 0 saturated carbocycles. The second-order valence-corrected chi connectivity index (χ2v) is 6.48. The van der Waals surface area contributed by atoms with Gasteiger partial charge in [-0.15, -0.1) is 0 Å². The Morgan fingerprint density at radius 3 is 2.62 bits per heavy atom. The zero-order valence-electron chi connectivity index (χ0n) is 13.4. The fourth-order valence-electron chi connectivity index (χ4n) is 2.79. The summed E-state index contributed by atoms with van der Waals surface area (Å²) in [6.45, 7) is 1.47. The molecule has 5 nitrogen and oxygen atoms in total. The number of phenols is 1. The third-order valence-corrected chi connectivity index (χ3v) is 4.50. The summed E-state index contributed by atoms with van der Waals surface area (Å²) in [4.78, 5) is 12.0. The van der Waals surface area contributed by atoms with E-state index in [1.54, 1.807) is 19.2 Å². The van der Waals surface area contributed by atoms with Crippen LogP contribution in [0.25, 0.3) is 0 Å². The second kappa shape index (κ2) is 6.65. The highest BCUT2D eigenvalue weighted by molar-refractivity contribution is 9.10. The zero-order valence-corrected chi connectivity index (χ0v) is 14.9. The maximum atomic E-state index is 12.0. The van der Waals surface area contributed by atoms with Crippen molar-refractivity contribution in [2.45, 2.75) is 19.4 Å². The maximum absolute atomic E-state index is 12.0. The first-order valence-electron chi connectivity index (χ1n) is 7.49. The smallest absolute Gasteiger partial charge is 0.240 e. The van der Waals surface area contributed by atoms with Crippen LogP contribution >= 0.6 is 15.9 Å². The van der Waals surface area contributed by atoms with Crippen LogP contribution in [0.4, 0.5) is 0 Å². The average molecular weight is 389 g/mol. The Labute approximate surface area is 148 Å². The van der Waals surface area contributed by atoms with Gasteiger partial charge in [0, 0.05) is 23.4 Å². The van der Waals surface area contributed by atoms with Crippen LogP contribution in [0.1, 0.15) is 30.5 Å². The molecule has 0 saturated heterocycles. The molecule has 1 N–H and O–H groups in total. The predicted octanol–water partition coefficient (Wildman–Crippen LogP) is 3.86. The molecule has 1 atom stereocenters. The molecule has 1 heterocycles. The number of phenolic OH excluding ortho intramolecular Hbond substituents is 1. The second-order valence-electron chi connectivity index (χ2n) is 5.56. The lowest BCUT2D eigenvalue weighted by atomic mass is 9.97. The van der Waals surface area contributed by atoms with Gasteiger partial charge in [0.05, 0.1) is 18.9 Å². The minimum Gasteiger partial charge on any atom is -0.508 e. The molecule has 0 aliphatic carbocycles. The van der Waals surface area contributed by atoms with E-state index in [9.17, 15) is 9.90 Å². The summed E-state index contributed by atoms with van der Waals surface area (Å²) in [5, 5.41) is 16.1. The largest absolute Gasteiger partial charge is 0.508 e. The summed E-state index contributed by atoms with van der Waals surface area (Å²) in [7, 11) is 1.62. The molecule has 1 aliphatic heterocycles. The van der Waals surface area contributed by atoms with Crippen molar-refractivity contribution >= 4 is 27.5 Å². The molecule has 24 heavy (non-hydrogen) atoms. The van der Waals surface area contributed by atoms with Gasteiger partial charge < -0.3 is 9.84 Å². The molecule has 6 heteroatoms. The van der Waals surface area contributed by atoms with Crippen molar-refractivity contribution in [1.82, 2.24) is 5.01 Å². The van der Waals surface area contributed by atoms with Crippen LogP contribution in [0.15, 0.2) is 52.0 Å². The summed E-state index contributed by atoms with van der Waals surface area (Å²) in [5.74, 6) is 0.755. The first-order valence-corrected chi connectivity index (χ1v) is 8.29. The van der Waals surface area contributed by atoms with Crippen molar-refractivity contribution in [2.24, 2.45) is 5.10 Å². The van der Waals surface area contributed by atoms with Crippen LogP contribution in [0, 0.1) is 0 Å². The molecular formula is C18H17BrN2O3. The quantitative estimate of drug-likeness (QED) is 0.867. The Balaban J connectivity index is 1.96. The number of nitrogens with zero attached hydrogens (tertiary/aromatic N) is 2. The number of carbonyl (C=O) groups excluding carboxylic acids is 1. The molecule has 0 radical (unpaired) electrons. The molecule has 124 valence electrons. The molecule has 0 spiro atoms. The number of ether oxygens (including phenoxy) is 1. The topological polar surface area (TPSA) is 62.1 Å². The molecule has 2 aromatic rings. The maximum Gasteiger partial charge on any atom is 0.240 e. The number of methoxy groups -OCH3 is 1. The first kappa shape index (κ1) is 16.5. The Bertz CT molecular complexity index is 802. The van der Waals surface area contributed by atoms with E-state index in [0.717, 1.165) is 21.5 Å². The number of carbonyl (C=O) groups is 1. The van der Waals surface area contributed by atoms with Gasteiger partial charge in [0.15, 0.2) is 0 Å². The van der Waals surface area contributed by atoms with Gasteiger partial charge in [-0.25, -0.2) is 5.01 Å². The zero-order chi connectivity index (χ0) is 17.3. The number of halogens is 1. The van der Waals surface area contributed by atoms with Crippen molar-refractivity contribution in [3.63, 3.8) is 0 Å². The SMILES string of the molecule is COc1ccc(C2=NN(C(C)=O)C(c3cc(Br)ccc3O)C2)cc1. The molecule has 3 rings (SSSR count). The molecule has 0 aromatic heterocycles. The van der Waals surface area contributed by atoms with E-state index in [2.05, 4.69) is 21.0 Å². The Morgan fingerprint density at radius 2 is 2.00 bits per heavy atom. The van der Waals surface area contributed by atoms with E-state index in [-0.39, 0.29) is 17.7 Å². The molecule has 2 aromatic carbocycles. The summed E-state index contributed by atoms with van der Waals surface area (Å²) in [6, 6.07) is 12.4. The van der Waals surface area contributed by atoms with Crippen LogP contribution in [0.2, 0.25) is 0 Å². The van der Waals surface area contributed by atoms with E-state index in [1.165, 1.54) is 11.9 Å². The van der Waals surface area contributed by atoms with Gasteiger partial charge in [0.25, 0.3) is 0 Å². The number of hydrogen-bond acceptors (Lipinski definition) is 4. The van der Waals surface area contributed by atoms with Crippen LogP contribution < -0.4 is 4.74 Å². The number of hydrogen-bond donors (Lipinski definition) is 1. The van der Waals surface area contributed by atoms with Gasteiger partial charge in [-0.05, 0) is 48.0 Å². The number of benzene rings is 2. The van der Waals surface area contributed by atoms with Crippen molar-refractivity contribution < 1.29 is 14.6 Å². The lowest BCUT2D eigenvalue weighted by Crippen LogP contribution is -2.24. The van der Waals surface area contributed by atoms with E-state index in [4.69, 9.17) is 4.74 Å². The van der Waals surface area contributed by atoms with E-state index >= 15 is 0 Å². The Morgan fingerprint density at radius 1 is 1.29 bits per heavy atom. The van der Waals surface area contributed by atoms with Crippen LogP contribution in [-0.4, -0.2) is 28.8 Å². The highest BCUT2D eigenvalue weighted by Crippen LogP contribution is 2.38. The number of rotatable bonds is 3. The predicted molar refractivity (Wildman–Crippen MR) is 95.2 cm³/mol. The standard InChI is InChI=1S/C18H17BrN2O3/c1-11(22)21-17(15-9-13(19)5-8-18(15)23)10-16(20-21)12-3-6-14(24-2)7-4-12/h3-9,17,23H,10H2,1-2H3. The van der Waals surface area contributed by atoms with E-state index in [1.807, 2.05) is 30.3 Å². The number of aromatic hydroxyl groups is 1. The van der Waals surface area contributed by atoms with Gasteiger partial charge in [-0.3, -0.25) is 4.79 Å². The minimum atomic E-state index is -0.322. The fourth-order valence-corrected chi connectivity index (χ4v) is 3.17. The first-order chi connectivity index (χ1) is 11.5. The van der Waals surface area contributed by atoms with E-state index < -0.39 is 0 Å². The molecular weight excluding hydrogens is 372 g/mol. The van der Waals surface area contributed by atoms with Crippen molar-refractivity contribution in [3.8, 4) is 11.5 Å². The Kier molecular flexibility index (Phi) is 4.57. The lowest BCUT2D eigenvalue weighted by molar-refractivity contribution is -0.130. The third-order valence-electron chi connectivity index (χ3n) is 4.00. The van der Waals surface area contributed by atoms with Gasteiger partial charge in [-0.2, -0.15) is 5.10 Å².